The number of piperazine rings is 1. The van der Waals surface area contributed by atoms with Gasteiger partial charge in [0.25, 0.3) is 0 Å². The largest absolute Gasteiger partial charge is 0.387 e. The normalized spacial score (nSPS) is 18.2. The fraction of sp³-hybridized carbons (Fsp3) is 0.471. The third kappa shape index (κ3) is 4.32. The van der Waals surface area contributed by atoms with Crippen LogP contribution >= 0.6 is 11.6 Å². The third-order valence-electron chi connectivity index (χ3n) is 4.22. The summed E-state index contributed by atoms with van der Waals surface area (Å²) in [5.74, 6) is 0.909. The number of benzene rings is 1. The van der Waals surface area contributed by atoms with Gasteiger partial charge in [0, 0.05) is 49.4 Å². The van der Waals surface area contributed by atoms with E-state index in [1.165, 1.54) is 0 Å². The molecule has 1 aromatic carbocycles. The van der Waals surface area contributed by atoms with Crippen LogP contribution in [0.25, 0.3) is 0 Å². The molecule has 1 aromatic heterocycles. The van der Waals surface area contributed by atoms with Crippen molar-refractivity contribution < 1.29 is 9.63 Å². The number of aryl methyl sites for hydroxylation is 1. The van der Waals surface area contributed by atoms with E-state index in [0.29, 0.717) is 11.6 Å². The van der Waals surface area contributed by atoms with Crippen molar-refractivity contribution in [1.82, 2.24) is 15.0 Å². The van der Waals surface area contributed by atoms with Crippen molar-refractivity contribution in [1.29, 1.82) is 0 Å². The first-order valence-corrected chi connectivity index (χ1v) is 8.29. The van der Waals surface area contributed by atoms with Gasteiger partial charge in [-0.3, -0.25) is 9.80 Å². The molecule has 1 aliphatic rings. The summed E-state index contributed by atoms with van der Waals surface area (Å²) in [5.41, 5.74) is 1.72. The molecule has 1 saturated heterocycles. The van der Waals surface area contributed by atoms with Crippen LogP contribution in [0.15, 0.2) is 34.9 Å². The second kappa shape index (κ2) is 7.45. The molecule has 1 atom stereocenters. The Kier molecular flexibility index (Phi) is 5.33. The Bertz CT molecular complexity index is 638. The summed E-state index contributed by atoms with van der Waals surface area (Å²) in [4.78, 5) is 4.62. The number of hydrogen-bond acceptors (Lipinski definition) is 5. The molecule has 2 aromatic rings. The predicted octanol–water partition coefficient (Wildman–Crippen LogP) is 2.49. The summed E-state index contributed by atoms with van der Waals surface area (Å²) in [6, 6.07) is 9.46. The van der Waals surface area contributed by atoms with Crippen molar-refractivity contribution in [3.63, 3.8) is 0 Å². The minimum absolute atomic E-state index is 0.549. The molecule has 23 heavy (non-hydrogen) atoms. The maximum Gasteiger partial charge on any atom is 0.150 e. The van der Waals surface area contributed by atoms with E-state index in [0.717, 1.165) is 49.7 Å². The van der Waals surface area contributed by atoms with Gasteiger partial charge in [-0.1, -0.05) is 35.0 Å². The predicted molar refractivity (Wildman–Crippen MR) is 89.4 cm³/mol. The van der Waals surface area contributed by atoms with E-state index in [2.05, 4.69) is 15.0 Å². The lowest BCUT2D eigenvalue weighted by atomic mass is 10.1. The summed E-state index contributed by atoms with van der Waals surface area (Å²) >= 11 is 6.15. The zero-order valence-corrected chi connectivity index (χ0v) is 14.0. The SMILES string of the molecule is Cc1cc(CN2CCN(CC(O)c3ccccc3Cl)CC2)on1. The number of nitrogens with zero attached hydrogens (tertiary/aromatic N) is 3. The standard InChI is InChI=1S/C17H22ClN3O2/c1-13-10-14(23-19-13)11-20-6-8-21(9-7-20)12-17(22)15-4-2-3-5-16(15)18/h2-5,10,17,22H,6-9,11-12H2,1H3. The topological polar surface area (TPSA) is 52.7 Å². The van der Waals surface area contributed by atoms with Gasteiger partial charge in [-0.2, -0.15) is 0 Å². The van der Waals surface area contributed by atoms with Crippen molar-refractivity contribution in [2.75, 3.05) is 32.7 Å². The molecule has 2 heterocycles. The van der Waals surface area contributed by atoms with Gasteiger partial charge >= 0.3 is 0 Å². The third-order valence-corrected chi connectivity index (χ3v) is 4.56. The van der Waals surface area contributed by atoms with Crippen LogP contribution in [0.2, 0.25) is 5.02 Å². The summed E-state index contributed by atoms with van der Waals surface area (Å²) in [7, 11) is 0. The van der Waals surface area contributed by atoms with Crippen LogP contribution in [0.5, 0.6) is 0 Å². The lowest BCUT2D eigenvalue weighted by molar-refractivity contribution is 0.0670. The number of rotatable bonds is 5. The van der Waals surface area contributed by atoms with E-state index in [4.69, 9.17) is 16.1 Å². The molecule has 1 aliphatic heterocycles. The number of aromatic nitrogens is 1. The van der Waals surface area contributed by atoms with Crippen LogP contribution in [0.1, 0.15) is 23.1 Å². The summed E-state index contributed by atoms with van der Waals surface area (Å²) in [5, 5.41) is 14.9. The first kappa shape index (κ1) is 16.5. The minimum Gasteiger partial charge on any atom is -0.387 e. The number of β-amino-alcohol motifs (C(OH)–C–C–N with tert-alkyl or cyclic N) is 1. The van der Waals surface area contributed by atoms with E-state index >= 15 is 0 Å². The fourth-order valence-electron chi connectivity index (χ4n) is 2.93. The van der Waals surface area contributed by atoms with Gasteiger partial charge in [0.05, 0.1) is 18.3 Å². The van der Waals surface area contributed by atoms with Gasteiger partial charge in [-0.05, 0) is 13.0 Å². The Morgan fingerprint density at radius 3 is 2.57 bits per heavy atom. The van der Waals surface area contributed by atoms with Gasteiger partial charge < -0.3 is 9.63 Å². The lowest BCUT2D eigenvalue weighted by Crippen LogP contribution is -2.47. The highest BCUT2D eigenvalue weighted by molar-refractivity contribution is 6.31. The molecule has 1 N–H and O–H groups in total. The van der Waals surface area contributed by atoms with Crippen LogP contribution < -0.4 is 0 Å². The molecule has 0 bridgehead atoms. The van der Waals surface area contributed by atoms with Crippen LogP contribution in [0, 0.1) is 6.92 Å². The Morgan fingerprint density at radius 2 is 1.91 bits per heavy atom. The number of aliphatic hydroxyl groups excluding tert-OH is 1. The van der Waals surface area contributed by atoms with Gasteiger partial charge in [0.2, 0.25) is 0 Å². The molecule has 3 rings (SSSR count). The van der Waals surface area contributed by atoms with Crippen molar-refractivity contribution in [2.45, 2.75) is 19.6 Å². The molecule has 0 amide bonds. The number of aliphatic hydroxyl groups is 1. The maximum atomic E-state index is 10.4. The molecule has 0 radical (unpaired) electrons. The Hall–Kier alpha value is -1.40. The Balaban J connectivity index is 1.48. The molecule has 0 spiro atoms. The van der Waals surface area contributed by atoms with Gasteiger partial charge in [0.1, 0.15) is 0 Å². The summed E-state index contributed by atoms with van der Waals surface area (Å²) < 4.78 is 5.27. The first-order chi connectivity index (χ1) is 11.1. The van der Waals surface area contributed by atoms with Crippen LogP contribution in [0.3, 0.4) is 0 Å². The monoisotopic (exact) mass is 335 g/mol. The smallest absolute Gasteiger partial charge is 0.150 e. The van der Waals surface area contributed by atoms with E-state index in [1.54, 1.807) is 0 Å². The summed E-state index contributed by atoms with van der Waals surface area (Å²) in [6.07, 6.45) is -0.549. The minimum atomic E-state index is -0.549. The van der Waals surface area contributed by atoms with Crippen LogP contribution in [-0.4, -0.2) is 52.8 Å². The molecule has 0 saturated carbocycles. The average molecular weight is 336 g/mol. The van der Waals surface area contributed by atoms with E-state index in [1.807, 2.05) is 37.3 Å². The Morgan fingerprint density at radius 1 is 1.22 bits per heavy atom. The van der Waals surface area contributed by atoms with Crippen LogP contribution in [0.4, 0.5) is 0 Å². The van der Waals surface area contributed by atoms with E-state index in [-0.39, 0.29) is 0 Å². The van der Waals surface area contributed by atoms with Crippen LogP contribution in [-0.2, 0) is 6.54 Å². The Labute approximate surface area is 141 Å². The van der Waals surface area contributed by atoms with Crippen molar-refractivity contribution in [2.24, 2.45) is 0 Å². The van der Waals surface area contributed by atoms with E-state index < -0.39 is 6.10 Å². The number of hydrogen-bond donors (Lipinski definition) is 1. The average Bonchev–Trinajstić information content (AvgIpc) is 2.95. The quantitative estimate of drug-likeness (QED) is 0.909. The molecule has 1 fully saturated rings. The van der Waals surface area contributed by atoms with Gasteiger partial charge in [0.15, 0.2) is 5.76 Å². The lowest BCUT2D eigenvalue weighted by Gasteiger charge is -2.35. The molecule has 6 heteroatoms. The molecule has 5 nitrogen and oxygen atoms in total. The zero-order valence-electron chi connectivity index (χ0n) is 13.3. The van der Waals surface area contributed by atoms with Crippen molar-refractivity contribution >= 4 is 11.6 Å². The van der Waals surface area contributed by atoms with Crippen molar-refractivity contribution in [3.8, 4) is 0 Å². The highest BCUT2D eigenvalue weighted by Gasteiger charge is 2.21. The fourth-order valence-corrected chi connectivity index (χ4v) is 3.19. The molecule has 124 valence electrons. The molecular weight excluding hydrogens is 314 g/mol. The van der Waals surface area contributed by atoms with Gasteiger partial charge in [-0.15, -0.1) is 0 Å². The van der Waals surface area contributed by atoms with Crippen molar-refractivity contribution in [3.05, 3.63) is 52.4 Å². The first-order valence-electron chi connectivity index (χ1n) is 7.91. The van der Waals surface area contributed by atoms with E-state index in [9.17, 15) is 5.11 Å². The second-order valence-electron chi connectivity index (χ2n) is 6.05. The maximum absolute atomic E-state index is 10.4. The zero-order chi connectivity index (χ0) is 16.2. The highest BCUT2D eigenvalue weighted by atomic mass is 35.5. The molecule has 0 aliphatic carbocycles. The molecule has 1 unspecified atom stereocenters. The van der Waals surface area contributed by atoms with Gasteiger partial charge in [-0.25, -0.2) is 0 Å². The second-order valence-corrected chi connectivity index (χ2v) is 6.46. The molecular formula is C17H22ClN3O2. The number of halogens is 1. The summed E-state index contributed by atoms with van der Waals surface area (Å²) in [6.45, 7) is 7.09. The highest BCUT2D eigenvalue weighted by Crippen LogP contribution is 2.23.